The fourth-order valence-electron chi connectivity index (χ4n) is 2.40. The molecule has 1 unspecified atom stereocenters. The molecule has 0 aliphatic carbocycles. The molecule has 1 aromatic carbocycles. The number of benzene rings is 1. The molecule has 1 heterocycles. The molecule has 2 nitrogen and oxygen atoms in total. The highest BCUT2D eigenvalue weighted by Crippen LogP contribution is 2.11. The molecule has 0 spiro atoms. The molecule has 2 heteroatoms. The van der Waals surface area contributed by atoms with Gasteiger partial charge in [0.25, 0.3) is 0 Å². The Hall–Kier alpha value is -1.54. The van der Waals surface area contributed by atoms with Gasteiger partial charge >= 0.3 is 0 Å². The minimum absolute atomic E-state index is 0.516. The maximum atomic E-state index is 5.43. The first-order chi connectivity index (χ1) is 9.78. The lowest BCUT2D eigenvalue weighted by atomic mass is 10.00. The summed E-state index contributed by atoms with van der Waals surface area (Å²) >= 11 is 0. The van der Waals surface area contributed by atoms with Crippen LogP contribution in [-0.2, 0) is 12.8 Å². The highest BCUT2D eigenvalue weighted by molar-refractivity contribution is 5.22. The number of furan rings is 1. The second-order valence-corrected chi connectivity index (χ2v) is 5.46. The van der Waals surface area contributed by atoms with E-state index >= 15 is 0 Å². The molecule has 0 saturated carbocycles. The molecule has 1 atom stereocenters. The van der Waals surface area contributed by atoms with Gasteiger partial charge in [-0.3, -0.25) is 0 Å². The van der Waals surface area contributed by atoms with Gasteiger partial charge in [0.1, 0.15) is 5.76 Å². The Morgan fingerprint density at radius 3 is 2.60 bits per heavy atom. The zero-order valence-corrected chi connectivity index (χ0v) is 12.6. The van der Waals surface area contributed by atoms with Crippen LogP contribution in [0.2, 0.25) is 0 Å². The van der Waals surface area contributed by atoms with Crippen molar-refractivity contribution in [1.29, 1.82) is 0 Å². The van der Waals surface area contributed by atoms with Crippen molar-refractivity contribution in [2.45, 2.75) is 45.6 Å². The molecule has 0 radical (unpaired) electrons. The second-order valence-electron chi connectivity index (χ2n) is 5.46. The third-order valence-corrected chi connectivity index (χ3v) is 3.61. The summed E-state index contributed by atoms with van der Waals surface area (Å²) in [5, 5.41) is 3.65. The molecule has 108 valence electrons. The summed E-state index contributed by atoms with van der Waals surface area (Å²) < 4.78 is 5.43. The predicted octanol–water partition coefficient (Wildman–Crippen LogP) is 4.13. The van der Waals surface area contributed by atoms with Crippen molar-refractivity contribution in [1.82, 2.24) is 5.32 Å². The van der Waals surface area contributed by atoms with Crippen molar-refractivity contribution < 1.29 is 4.42 Å². The van der Waals surface area contributed by atoms with Crippen LogP contribution in [0.1, 0.15) is 36.7 Å². The quantitative estimate of drug-likeness (QED) is 0.781. The van der Waals surface area contributed by atoms with Crippen LogP contribution < -0.4 is 5.32 Å². The average Bonchev–Trinajstić information content (AvgIpc) is 2.97. The molecule has 0 aliphatic rings. The van der Waals surface area contributed by atoms with E-state index in [1.807, 2.05) is 6.07 Å². The van der Waals surface area contributed by atoms with Gasteiger partial charge in [0.15, 0.2) is 0 Å². The van der Waals surface area contributed by atoms with Crippen LogP contribution in [0.3, 0.4) is 0 Å². The van der Waals surface area contributed by atoms with Crippen molar-refractivity contribution in [2.24, 2.45) is 0 Å². The average molecular weight is 271 g/mol. The molecule has 2 rings (SSSR count). The van der Waals surface area contributed by atoms with Crippen LogP contribution in [0.15, 0.2) is 47.1 Å². The number of aryl methyl sites for hydroxylation is 2. The molecule has 1 aromatic heterocycles. The van der Waals surface area contributed by atoms with Crippen LogP contribution >= 0.6 is 0 Å². The van der Waals surface area contributed by atoms with Crippen LogP contribution in [0, 0.1) is 6.92 Å². The van der Waals surface area contributed by atoms with Crippen LogP contribution in [0.5, 0.6) is 0 Å². The van der Waals surface area contributed by atoms with Gasteiger partial charge in [0, 0.05) is 12.5 Å². The molecule has 20 heavy (non-hydrogen) atoms. The first-order valence-electron chi connectivity index (χ1n) is 7.59. The van der Waals surface area contributed by atoms with Gasteiger partial charge in [-0.25, -0.2) is 0 Å². The predicted molar refractivity (Wildman–Crippen MR) is 84.0 cm³/mol. The standard InChI is InChI=1S/C18H25NO/c1-3-12-19-17(10-11-18-5-4-13-20-18)14-16-8-6-15(2)7-9-16/h4-9,13,17,19H,3,10-12,14H2,1-2H3. The van der Waals surface area contributed by atoms with Crippen LogP contribution in [0.25, 0.3) is 0 Å². The second kappa shape index (κ2) is 7.91. The van der Waals surface area contributed by atoms with Crippen molar-refractivity contribution in [2.75, 3.05) is 6.54 Å². The molecule has 1 N–H and O–H groups in total. The fraction of sp³-hybridized carbons (Fsp3) is 0.444. The van der Waals surface area contributed by atoms with Crippen molar-refractivity contribution in [3.63, 3.8) is 0 Å². The van der Waals surface area contributed by atoms with Gasteiger partial charge < -0.3 is 9.73 Å². The van der Waals surface area contributed by atoms with Crippen molar-refractivity contribution in [3.8, 4) is 0 Å². The van der Waals surface area contributed by atoms with E-state index in [1.54, 1.807) is 6.26 Å². The van der Waals surface area contributed by atoms with Crippen LogP contribution in [-0.4, -0.2) is 12.6 Å². The summed E-state index contributed by atoms with van der Waals surface area (Å²) in [5.74, 6) is 1.08. The first-order valence-corrected chi connectivity index (χ1v) is 7.59. The zero-order valence-electron chi connectivity index (χ0n) is 12.6. The monoisotopic (exact) mass is 271 g/mol. The third kappa shape index (κ3) is 4.86. The van der Waals surface area contributed by atoms with Gasteiger partial charge in [0.05, 0.1) is 6.26 Å². The van der Waals surface area contributed by atoms with E-state index in [1.165, 1.54) is 17.5 Å². The number of nitrogens with one attached hydrogen (secondary N) is 1. The Kier molecular flexibility index (Phi) is 5.87. The lowest BCUT2D eigenvalue weighted by Crippen LogP contribution is -2.32. The number of hydrogen-bond donors (Lipinski definition) is 1. The van der Waals surface area contributed by atoms with E-state index in [4.69, 9.17) is 4.42 Å². The Morgan fingerprint density at radius 2 is 1.95 bits per heavy atom. The largest absolute Gasteiger partial charge is 0.469 e. The summed E-state index contributed by atoms with van der Waals surface area (Å²) in [7, 11) is 0. The molecule has 0 amide bonds. The van der Waals surface area contributed by atoms with E-state index in [2.05, 4.69) is 49.5 Å². The van der Waals surface area contributed by atoms with Gasteiger partial charge in [-0.2, -0.15) is 0 Å². The Labute approximate surface area is 122 Å². The number of hydrogen-bond acceptors (Lipinski definition) is 2. The lowest BCUT2D eigenvalue weighted by Gasteiger charge is -2.18. The molecular formula is C18H25NO. The normalized spacial score (nSPS) is 12.5. The van der Waals surface area contributed by atoms with E-state index < -0.39 is 0 Å². The zero-order chi connectivity index (χ0) is 14.2. The molecule has 0 saturated heterocycles. The summed E-state index contributed by atoms with van der Waals surface area (Å²) in [6, 6.07) is 13.4. The molecule has 0 bridgehead atoms. The topological polar surface area (TPSA) is 25.2 Å². The Balaban J connectivity index is 1.90. The molecule has 2 aromatic rings. The minimum Gasteiger partial charge on any atom is -0.469 e. The fourth-order valence-corrected chi connectivity index (χ4v) is 2.40. The smallest absolute Gasteiger partial charge is 0.103 e. The third-order valence-electron chi connectivity index (χ3n) is 3.61. The summed E-state index contributed by atoms with van der Waals surface area (Å²) in [6.07, 6.45) is 6.12. The van der Waals surface area contributed by atoms with Gasteiger partial charge in [-0.1, -0.05) is 36.8 Å². The van der Waals surface area contributed by atoms with Gasteiger partial charge in [-0.05, 0) is 50.4 Å². The lowest BCUT2D eigenvalue weighted by molar-refractivity contribution is 0.441. The van der Waals surface area contributed by atoms with Crippen LogP contribution in [0.4, 0.5) is 0 Å². The first kappa shape index (κ1) is 14.9. The van der Waals surface area contributed by atoms with E-state index in [-0.39, 0.29) is 0 Å². The highest BCUT2D eigenvalue weighted by Gasteiger charge is 2.10. The molecular weight excluding hydrogens is 246 g/mol. The van der Waals surface area contributed by atoms with E-state index in [9.17, 15) is 0 Å². The number of rotatable bonds is 8. The maximum absolute atomic E-state index is 5.43. The molecule has 0 fully saturated rings. The minimum atomic E-state index is 0.516. The summed E-state index contributed by atoms with van der Waals surface area (Å²) in [5.41, 5.74) is 2.73. The van der Waals surface area contributed by atoms with Gasteiger partial charge in [-0.15, -0.1) is 0 Å². The SMILES string of the molecule is CCCNC(CCc1ccco1)Cc1ccc(C)cc1. The van der Waals surface area contributed by atoms with Crippen molar-refractivity contribution in [3.05, 3.63) is 59.5 Å². The Bertz CT molecular complexity index is 473. The maximum Gasteiger partial charge on any atom is 0.103 e. The van der Waals surface area contributed by atoms with E-state index in [0.717, 1.165) is 31.6 Å². The van der Waals surface area contributed by atoms with Gasteiger partial charge in [0.2, 0.25) is 0 Å². The highest BCUT2D eigenvalue weighted by atomic mass is 16.3. The summed E-state index contributed by atoms with van der Waals surface area (Å²) in [4.78, 5) is 0. The van der Waals surface area contributed by atoms with E-state index in [0.29, 0.717) is 6.04 Å². The summed E-state index contributed by atoms with van der Waals surface area (Å²) in [6.45, 7) is 5.42. The van der Waals surface area contributed by atoms with Crippen molar-refractivity contribution >= 4 is 0 Å². The molecule has 0 aliphatic heterocycles. The Morgan fingerprint density at radius 1 is 1.15 bits per heavy atom.